The van der Waals surface area contributed by atoms with E-state index in [0.717, 1.165) is 21.1 Å². The average molecular weight is 334 g/mol. The molecular weight excluding hydrogens is 322 g/mol. The minimum atomic E-state index is -0.977. The molecule has 0 spiro atoms. The molecule has 0 fully saturated rings. The fraction of sp³-hybridized carbons (Fsp3) is 0.133. The van der Waals surface area contributed by atoms with Crippen molar-refractivity contribution in [3.8, 4) is 0 Å². The maximum absolute atomic E-state index is 10.9. The molecule has 2 heterocycles. The number of carbonyl (C=O) groups is 1. The lowest BCUT2D eigenvalue weighted by atomic mass is 10.2. The molecule has 0 unspecified atom stereocenters. The van der Waals surface area contributed by atoms with Crippen LogP contribution in [0.1, 0.15) is 21.8 Å². The highest BCUT2D eigenvalue weighted by atomic mass is 79.9. The summed E-state index contributed by atoms with van der Waals surface area (Å²) in [6, 6.07) is 9.62. The van der Waals surface area contributed by atoms with Gasteiger partial charge in [0, 0.05) is 21.1 Å². The number of benzene rings is 1. The summed E-state index contributed by atoms with van der Waals surface area (Å²) in [5.74, 6) is -0.353. The van der Waals surface area contributed by atoms with Crippen molar-refractivity contribution in [1.82, 2.24) is 4.57 Å². The largest absolute Gasteiger partial charge is 0.478 e. The molecule has 3 aromatic rings. The van der Waals surface area contributed by atoms with Crippen LogP contribution in [0.5, 0.6) is 0 Å². The molecule has 4 nitrogen and oxygen atoms in total. The standard InChI is InChI=1S/C15H12BrNO3/c1-9-14(16)12-4-2-3-5-13(12)17(9)7-11-6-10(8-20-11)15(18)19/h2-6,8H,7H2,1H3,(H,18,19). The van der Waals surface area contributed by atoms with Gasteiger partial charge in [-0.1, -0.05) is 18.2 Å². The lowest BCUT2D eigenvalue weighted by Gasteiger charge is -2.05. The number of aromatic nitrogens is 1. The molecule has 0 atom stereocenters. The zero-order chi connectivity index (χ0) is 14.3. The van der Waals surface area contributed by atoms with Crippen LogP contribution in [0.3, 0.4) is 0 Å². The number of para-hydroxylation sites is 1. The van der Waals surface area contributed by atoms with Gasteiger partial charge < -0.3 is 14.1 Å². The Kier molecular flexibility index (Phi) is 3.14. The van der Waals surface area contributed by atoms with Gasteiger partial charge in [0.05, 0.1) is 12.1 Å². The van der Waals surface area contributed by atoms with Gasteiger partial charge in [0.2, 0.25) is 0 Å². The number of hydrogen-bond donors (Lipinski definition) is 1. The van der Waals surface area contributed by atoms with Crippen molar-refractivity contribution in [3.63, 3.8) is 0 Å². The van der Waals surface area contributed by atoms with Crippen LogP contribution in [-0.2, 0) is 6.54 Å². The number of halogens is 1. The Morgan fingerprint density at radius 1 is 1.40 bits per heavy atom. The first-order valence-electron chi connectivity index (χ1n) is 6.12. The Bertz CT molecular complexity index is 801. The highest BCUT2D eigenvalue weighted by Crippen LogP contribution is 2.31. The molecule has 20 heavy (non-hydrogen) atoms. The Balaban J connectivity index is 2.06. The summed E-state index contributed by atoms with van der Waals surface area (Å²) in [6.45, 7) is 2.52. The molecule has 0 bridgehead atoms. The number of rotatable bonds is 3. The molecule has 0 aliphatic carbocycles. The highest BCUT2D eigenvalue weighted by molar-refractivity contribution is 9.10. The molecule has 0 radical (unpaired) electrons. The van der Waals surface area contributed by atoms with Gasteiger partial charge in [0.15, 0.2) is 0 Å². The fourth-order valence-corrected chi connectivity index (χ4v) is 2.87. The van der Waals surface area contributed by atoms with Crippen molar-refractivity contribution in [3.05, 3.63) is 58.1 Å². The van der Waals surface area contributed by atoms with Crippen LogP contribution in [0.4, 0.5) is 0 Å². The van der Waals surface area contributed by atoms with Crippen molar-refractivity contribution in [2.45, 2.75) is 13.5 Å². The quantitative estimate of drug-likeness (QED) is 0.786. The number of aromatic carboxylic acids is 1. The lowest BCUT2D eigenvalue weighted by Crippen LogP contribution is -2.00. The summed E-state index contributed by atoms with van der Waals surface area (Å²) >= 11 is 3.60. The molecular formula is C15H12BrNO3. The van der Waals surface area contributed by atoms with Crippen molar-refractivity contribution >= 4 is 32.8 Å². The van der Waals surface area contributed by atoms with E-state index in [2.05, 4.69) is 20.5 Å². The second-order valence-corrected chi connectivity index (χ2v) is 5.40. The van der Waals surface area contributed by atoms with Crippen LogP contribution < -0.4 is 0 Å². The SMILES string of the molecule is Cc1c(Br)c2ccccc2n1Cc1cc(C(=O)O)co1. The van der Waals surface area contributed by atoms with Crippen LogP contribution in [-0.4, -0.2) is 15.6 Å². The smallest absolute Gasteiger partial charge is 0.338 e. The summed E-state index contributed by atoms with van der Waals surface area (Å²) in [4.78, 5) is 10.9. The number of nitrogens with zero attached hydrogens (tertiary/aromatic N) is 1. The second-order valence-electron chi connectivity index (χ2n) is 4.61. The monoisotopic (exact) mass is 333 g/mol. The Morgan fingerprint density at radius 2 is 2.15 bits per heavy atom. The zero-order valence-electron chi connectivity index (χ0n) is 10.8. The molecule has 5 heteroatoms. The van der Waals surface area contributed by atoms with Gasteiger partial charge in [-0.25, -0.2) is 4.79 Å². The summed E-state index contributed by atoms with van der Waals surface area (Å²) in [7, 11) is 0. The van der Waals surface area contributed by atoms with Crippen LogP contribution in [0.2, 0.25) is 0 Å². The van der Waals surface area contributed by atoms with E-state index >= 15 is 0 Å². The predicted octanol–water partition coefficient (Wildman–Crippen LogP) is 4.05. The number of carboxylic acids is 1. The summed E-state index contributed by atoms with van der Waals surface area (Å²) in [5, 5.41) is 10.1. The summed E-state index contributed by atoms with van der Waals surface area (Å²) in [6.07, 6.45) is 1.27. The normalized spacial score (nSPS) is 11.1. The van der Waals surface area contributed by atoms with Crippen molar-refractivity contribution in [2.24, 2.45) is 0 Å². The van der Waals surface area contributed by atoms with E-state index in [1.807, 2.05) is 31.2 Å². The Morgan fingerprint density at radius 3 is 2.85 bits per heavy atom. The van der Waals surface area contributed by atoms with Crippen molar-refractivity contribution in [2.75, 3.05) is 0 Å². The third-order valence-corrected chi connectivity index (χ3v) is 4.37. The zero-order valence-corrected chi connectivity index (χ0v) is 12.3. The van der Waals surface area contributed by atoms with Crippen molar-refractivity contribution in [1.29, 1.82) is 0 Å². The van der Waals surface area contributed by atoms with E-state index in [9.17, 15) is 4.79 Å². The minimum Gasteiger partial charge on any atom is -0.478 e. The van der Waals surface area contributed by atoms with E-state index in [-0.39, 0.29) is 5.56 Å². The highest BCUT2D eigenvalue weighted by Gasteiger charge is 2.14. The van der Waals surface area contributed by atoms with Gasteiger partial charge >= 0.3 is 5.97 Å². The van der Waals surface area contributed by atoms with Gasteiger partial charge in [0.25, 0.3) is 0 Å². The number of carboxylic acid groups (broad SMARTS) is 1. The fourth-order valence-electron chi connectivity index (χ4n) is 2.32. The molecule has 102 valence electrons. The topological polar surface area (TPSA) is 55.4 Å². The maximum Gasteiger partial charge on any atom is 0.338 e. The molecule has 1 N–H and O–H groups in total. The van der Waals surface area contributed by atoms with Crippen molar-refractivity contribution < 1.29 is 14.3 Å². The predicted molar refractivity (Wildman–Crippen MR) is 79.1 cm³/mol. The van der Waals surface area contributed by atoms with E-state index in [4.69, 9.17) is 9.52 Å². The average Bonchev–Trinajstić information content (AvgIpc) is 3.00. The first-order valence-corrected chi connectivity index (χ1v) is 6.91. The van der Waals surface area contributed by atoms with Gasteiger partial charge in [-0.15, -0.1) is 0 Å². The molecule has 2 aromatic heterocycles. The van der Waals surface area contributed by atoms with Crippen LogP contribution in [0.25, 0.3) is 10.9 Å². The van der Waals surface area contributed by atoms with E-state index in [1.165, 1.54) is 6.26 Å². The third-order valence-electron chi connectivity index (χ3n) is 3.37. The first-order chi connectivity index (χ1) is 9.58. The molecule has 0 saturated heterocycles. The molecule has 1 aromatic carbocycles. The van der Waals surface area contributed by atoms with Gasteiger partial charge in [-0.3, -0.25) is 0 Å². The van der Waals surface area contributed by atoms with Crippen LogP contribution in [0, 0.1) is 6.92 Å². The minimum absolute atomic E-state index is 0.174. The van der Waals surface area contributed by atoms with Gasteiger partial charge in [-0.2, -0.15) is 0 Å². The van der Waals surface area contributed by atoms with Gasteiger partial charge in [-0.05, 0) is 35.0 Å². The van der Waals surface area contributed by atoms with E-state index < -0.39 is 5.97 Å². The summed E-state index contributed by atoms with van der Waals surface area (Å²) in [5.41, 5.74) is 2.35. The molecule has 0 saturated carbocycles. The second kappa shape index (κ2) is 4.83. The molecule has 0 aliphatic heterocycles. The number of fused-ring (bicyclic) bond motifs is 1. The number of hydrogen-bond acceptors (Lipinski definition) is 2. The Hall–Kier alpha value is -2.01. The van der Waals surface area contributed by atoms with Crippen LogP contribution >= 0.6 is 15.9 Å². The first kappa shape index (κ1) is 13.0. The molecule has 0 aliphatic rings. The summed E-state index contributed by atoms with van der Waals surface area (Å²) < 4.78 is 8.48. The lowest BCUT2D eigenvalue weighted by molar-refractivity contribution is 0.0696. The Labute approximate surface area is 123 Å². The molecule has 3 rings (SSSR count). The van der Waals surface area contributed by atoms with E-state index in [0.29, 0.717) is 12.3 Å². The molecule has 0 amide bonds. The third kappa shape index (κ3) is 2.04. The van der Waals surface area contributed by atoms with Gasteiger partial charge in [0.1, 0.15) is 12.0 Å². The maximum atomic E-state index is 10.9. The number of furan rings is 1. The van der Waals surface area contributed by atoms with Crippen LogP contribution in [0.15, 0.2) is 45.5 Å². The van der Waals surface area contributed by atoms with E-state index in [1.54, 1.807) is 6.07 Å².